The molecule has 130 valence electrons. The maximum atomic E-state index is 13.2. The fourth-order valence-corrected chi connectivity index (χ4v) is 2.11. The molecule has 0 saturated heterocycles. The second kappa shape index (κ2) is 7.11. The molecule has 0 aliphatic rings. The molecule has 0 saturated carbocycles. The van der Waals surface area contributed by atoms with Crippen LogP contribution in [0.15, 0.2) is 60.8 Å². The number of rotatable bonds is 4. The summed E-state index contributed by atoms with van der Waals surface area (Å²) in [4.78, 5) is 7.52. The van der Waals surface area contributed by atoms with Gasteiger partial charge in [-0.25, -0.2) is 4.98 Å². The van der Waals surface area contributed by atoms with Crippen molar-refractivity contribution in [2.45, 2.75) is 6.18 Å². The van der Waals surface area contributed by atoms with Gasteiger partial charge in [0, 0.05) is 6.20 Å². The number of aromatic nitrogens is 2. The van der Waals surface area contributed by atoms with Gasteiger partial charge in [0.15, 0.2) is 0 Å². The van der Waals surface area contributed by atoms with Gasteiger partial charge in [0.2, 0.25) is 11.8 Å². The van der Waals surface area contributed by atoms with Crippen molar-refractivity contribution in [2.24, 2.45) is 0 Å². The number of para-hydroxylation sites is 2. The van der Waals surface area contributed by atoms with Crippen LogP contribution in [0.5, 0.6) is 11.6 Å². The third kappa shape index (κ3) is 3.89. The maximum absolute atomic E-state index is 13.2. The van der Waals surface area contributed by atoms with Gasteiger partial charge < -0.3 is 10.1 Å². The Morgan fingerprint density at radius 3 is 2.38 bits per heavy atom. The van der Waals surface area contributed by atoms with E-state index < -0.39 is 17.6 Å². The van der Waals surface area contributed by atoms with E-state index in [1.807, 2.05) is 6.07 Å². The van der Waals surface area contributed by atoms with Crippen molar-refractivity contribution in [3.63, 3.8) is 0 Å². The van der Waals surface area contributed by atoms with E-state index in [0.29, 0.717) is 17.4 Å². The number of alkyl halides is 3. The lowest BCUT2D eigenvalue weighted by Crippen LogP contribution is -2.11. The average Bonchev–Trinajstić information content (AvgIpc) is 2.62. The van der Waals surface area contributed by atoms with Gasteiger partial charge >= 0.3 is 6.18 Å². The van der Waals surface area contributed by atoms with E-state index >= 15 is 0 Å². The molecule has 5 nitrogen and oxygen atoms in total. The summed E-state index contributed by atoms with van der Waals surface area (Å²) in [5.41, 5.74) is -0.414. The van der Waals surface area contributed by atoms with E-state index in [-0.39, 0.29) is 11.7 Å². The number of nitrogens with one attached hydrogen (secondary N) is 1. The predicted octanol–water partition coefficient (Wildman–Crippen LogP) is 4.90. The Labute approximate surface area is 146 Å². The molecule has 1 heterocycles. The molecule has 0 bridgehead atoms. The van der Waals surface area contributed by atoms with Gasteiger partial charge in [-0.3, -0.25) is 0 Å². The number of benzene rings is 2. The van der Waals surface area contributed by atoms with Gasteiger partial charge in [-0.05, 0) is 24.3 Å². The number of anilines is 2. The standard InChI is InChI=1S/C18H11F3N4O/c19-18(20,21)14-11-23-17(24-15-9-5-4-6-12(15)10-22)25-16(14)26-13-7-2-1-3-8-13/h1-9,11H,(H,23,24,25). The lowest BCUT2D eigenvalue weighted by molar-refractivity contribution is -0.139. The fraction of sp³-hybridized carbons (Fsp3) is 0.0556. The zero-order chi connectivity index (χ0) is 18.6. The molecule has 1 aromatic heterocycles. The van der Waals surface area contributed by atoms with Crippen LogP contribution in [-0.4, -0.2) is 9.97 Å². The van der Waals surface area contributed by atoms with Crippen molar-refractivity contribution in [3.8, 4) is 17.7 Å². The van der Waals surface area contributed by atoms with E-state index in [1.54, 1.807) is 42.5 Å². The van der Waals surface area contributed by atoms with Crippen LogP contribution in [0.2, 0.25) is 0 Å². The zero-order valence-electron chi connectivity index (χ0n) is 13.2. The molecule has 2 aromatic carbocycles. The Morgan fingerprint density at radius 1 is 1.00 bits per heavy atom. The van der Waals surface area contributed by atoms with Crippen LogP contribution in [0.3, 0.4) is 0 Å². The van der Waals surface area contributed by atoms with E-state index in [4.69, 9.17) is 10.00 Å². The van der Waals surface area contributed by atoms with Crippen LogP contribution in [0, 0.1) is 11.3 Å². The van der Waals surface area contributed by atoms with Gasteiger partial charge in [0.25, 0.3) is 0 Å². The first kappa shape index (κ1) is 17.2. The summed E-state index contributed by atoms with van der Waals surface area (Å²) >= 11 is 0. The Morgan fingerprint density at radius 2 is 1.69 bits per heavy atom. The first-order chi connectivity index (χ1) is 12.5. The minimum absolute atomic E-state index is 0.119. The lowest BCUT2D eigenvalue weighted by Gasteiger charge is -2.14. The van der Waals surface area contributed by atoms with E-state index in [1.165, 1.54) is 12.1 Å². The molecule has 0 radical (unpaired) electrons. The number of halogens is 3. The van der Waals surface area contributed by atoms with Gasteiger partial charge in [0.05, 0.1) is 11.3 Å². The molecular formula is C18H11F3N4O. The van der Waals surface area contributed by atoms with Gasteiger partial charge in [-0.2, -0.15) is 23.4 Å². The molecule has 0 aliphatic carbocycles. The molecule has 26 heavy (non-hydrogen) atoms. The normalized spacial score (nSPS) is 10.8. The molecule has 0 fully saturated rings. The largest absolute Gasteiger partial charge is 0.438 e. The Balaban J connectivity index is 1.98. The minimum atomic E-state index is -4.67. The van der Waals surface area contributed by atoms with Gasteiger partial charge in [-0.1, -0.05) is 30.3 Å². The molecule has 8 heteroatoms. The molecule has 1 N–H and O–H groups in total. The van der Waals surface area contributed by atoms with Crippen LogP contribution in [0.4, 0.5) is 24.8 Å². The molecule has 0 spiro atoms. The second-order valence-corrected chi connectivity index (χ2v) is 5.11. The highest BCUT2D eigenvalue weighted by molar-refractivity contribution is 5.63. The Hall–Kier alpha value is -3.60. The summed E-state index contributed by atoms with van der Waals surface area (Å²) in [5, 5.41) is 11.8. The van der Waals surface area contributed by atoms with Crippen molar-refractivity contribution in [3.05, 3.63) is 71.9 Å². The summed E-state index contributed by atoms with van der Waals surface area (Å²) < 4.78 is 44.9. The van der Waals surface area contributed by atoms with Crippen molar-refractivity contribution in [1.29, 1.82) is 5.26 Å². The first-order valence-corrected chi connectivity index (χ1v) is 7.40. The molecule has 0 aliphatic heterocycles. The summed E-state index contributed by atoms with van der Waals surface area (Å²) in [6, 6.07) is 16.5. The smallest absolute Gasteiger partial charge is 0.423 e. The predicted molar refractivity (Wildman–Crippen MR) is 88.0 cm³/mol. The quantitative estimate of drug-likeness (QED) is 0.720. The Kier molecular flexibility index (Phi) is 4.71. The minimum Gasteiger partial charge on any atom is -0.438 e. The van der Waals surface area contributed by atoms with Crippen molar-refractivity contribution in [2.75, 3.05) is 5.32 Å². The van der Waals surface area contributed by atoms with Crippen LogP contribution in [-0.2, 0) is 6.18 Å². The number of hydrogen-bond acceptors (Lipinski definition) is 5. The highest BCUT2D eigenvalue weighted by Gasteiger charge is 2.36. The SMILES string of the molecule is N#Cc1ccccc1Nc1ncc(C(F)(F)F)c(Oc2ccccc2)n1. The van der Waals surface area contributed by atoms with Crippen molar-refractivity contribution in [1.82, 2.24) is 9.97 Å². The number of nitriles is 1. The summed E-state index contributed by atoms with van der Waals surface area (Å²) in [6.07, 6.45) is -4.03. The monoisotopic (exact) mass is 356 g/mol. The highest BCUT2D eigenvalue weighted by Crippen LogP contribution is 2.37. The summed E-state index contributed by atoms with van der Waals surface area (Å²) in [5.74, 6) is -0.539. The third-order valence-electron chi connectivity index (χ3n) is 3.31. The van der Waals surface area contributed by atoms with Crippen LogP contribution >= 0.6 is 0 Å². The molecule has 0 atom stereocenters. The summed E-state index contributed by atoms with van der Waals surface area (Å²) in [6.45, 7) is 0. The van der Waals surface area contributed by atoms with E-state index in [2.05, 4.69) is 15.3 Å². The number of hydrogen-bond donors (Lipinski definition) is 1. The summed E-state index contributed by atoms with van der Waals surface area (Å²) in [7, 11) is 0. The molecule has 3 rings (SSSR count). The number of ether oxygens (including phenoxy) is 1. The molecule has 0 amide bonds. The van der Waals surface area contributed by atoms with Crippen molar-refractivity contribution < 1.29 is 17.9 Å². The van der Waals surface area contributed by atoms with Crippen molar-refractivity contribution >= 4 is 11.6 Å². The topological polar surface area (TPSA) is 70.8 Å². The van der Waals surface area contributed by atoms with Gasteiger partial charge in [0.1, 0.15) is 17.4 Å². The number of nitrogens with zero attached hydrogens (tertiary/aromatic N) is 3. The lowest BCUT2D eigenvalue weighted by atomic mass is 10.2. The highest BCUT2D eigenvalue weighted by atomic mass is 19.4. The van der Waals surface area contributed by atoms with Crippen LogP contribution in [0.25, 0.3) is 0 Å². The molecule has 0 unspecified atom stereocenters. The second-order valence-electron chi connectivity index (χ2n) is 5.11. The van der Waals surface area contributed by atoms with Gasteiger partial charge in [-0.15, -0.1) is 0 Å². The van der Waals surface area contributed by atoms with E-state index in [0.717, 1.165) is 0 Å². The average molecular weight is 356 g/mol. The molecular weight excluding hydrogens is 345 g/mol. The zero-order valence-corrected chi connectivity index (χ0v) is 13.2. The van der Waals surface area contributed by atoms with E-state index in [9.17, 15) is 13.2 Å². The maximum Gasteiger partial charge on any atom is 0.423 e. The van der Waals surface area contributed by atoms with Crippen LogP contribution in [0.1, 0.15) is 11.1 Å². The Bertz CT molecular complexity index is 953. The third-order valence-corrected chi connectivity index (χ3v) is 3.31. The fourth-order valence-electron chi connectivity index (χ4n) is 2.11. The van der Waals surface area contributed by atoms with Crippen LogP contribution < -0.4 is 10.1 Å². The molecule has 3 aromatic rings. The first-order valence-electron chi connectivity index (χ1n) is 7.40.